The molecule has 0 aromatic heterocycles. The number of amides is 1. The van der Waals surface area contributed by atoms with E-state index in [9.17, 15) is 4.79 Å². The zero-order valence-electron chi connectivity index (χ0n) is 14.5. The van der Waals surface area contributed by atoms with Crippen molar-refractivity contribution in [1.82, 2.24) is 5.43 Å². The smallest absolute Gasteiger partial charge is 0.277 e. The summed E-state index contributed by atoms with van der Waals surface area (Å²) < 4.78 is 5.49. The molecule has 0 radical (unpaired) electrons. The quantitative estimate of drug-likeness (QED) is 0.658. The van der Waals surface area contributed by atoms with Crippen LogP contribution in [-0.2, 0) is 10.2 Å². The van der Waals surface area contributed by atoms with Gasteiger partial charge in [-0.2, -0.15) is 5.10 Å². The summed E-state index contributed by atoms with van der Waals surface area (Å²) in [7, 11) is 0. The van der Waals surface area contributed by atoms with Gasteiger partial charge in [-0.3, -0.25) is 4.79 Å². The molecule has 0 spiro atoms. The highest BCUT2D eigenvalue weighted by molar-refractivity contribution is 5.78. The molecule has 0 unspecified atom stereocenters. The average Bonchev–Trinajstić information content (AvgIpc) is 2.53. The average molecular weight is 316 g/mol. The summed E-state index contributed by atoms with van der Waals surface area (Å²) in [6.07, 6.45) is 8.07. The van der Waals surface area contributed by atoms with Crippen molar-refractivity contribution in [3.63, 3.8) is 0 Å². The summed E-state index contributed by atoms with van der Waals surface area (Å²) in [6.45, 7) is 6.48. The van der Waals surface area contributed by atoms with Gasteiger partial charge in [-0.15, -0.1) is 0 Å². The summed E-state index contributed by atoms with van der Waals surface area (Å²) in [4.78, 5) is 11.7. The third-order valence-electron chi connectivity index (χ3n) is 4.21. The SMILES string of the molecule is CC(C)(C)c1ccc(OCC(=O)N/N=C/C2CCCCC2)cc1. The molecular formula is C19H28N2O2. The van der Waals surface area contributed by atoms with Gasteiger partial charge in [0.05, 0.1) is 0 Å². The fraction of sp³-hybridized carbons (Fsp3) is 0.579. The van der Waals surface area contributed by atoms with Gasteiger partial charge in [0.1, 0.15) is 5.75 Å². The minimum absolute atomic E-state index is 0.0170. The Hall–Kier alpha value is -1.84. The Kier molecular flexibility index (Phi) is 6.20. The first kappa shape index (κ1) is 17.5. The van der Waals surface area contributed by atoms with Gasteiger partial charge in [-0.25, -0.2) is 5.43 Å². The standard InChI is InChI=1S/C19H28N2O2/c1-19(2,3)16-9-11-17(12-10-16)23-14-18(22)21-20-13-15-7-5-4-6-8-15/h9-13,15H,4-8,14H2,1-3H3,(H,21,22)/b20-13+. The molecule has 1 amide bonds. The molecule has 126 valence electrons. The first-order valence-electron chi connectivity index (χ1n) is 8.50. The predicted molar refractivity (Wildman–Crippen MR) is 93.8 cm³/mol. The van der Waals surface area contributed by atoms with Crippen molar-refractivity contribution in [2.24, 2.45) is 11.0 Å². The second-order valence-electron chi connectivity index (χ2n) is 7.27. The molecule has 0 heterocycles. The summed E-state index contributed by atoms with van der Waals surface area (Å²) >= 11 is 0. The van der Waals surface area contributed by atoms with Crippen molar-refractivity contribution in [2.45, 2.75) is 58.3 Å². The molecule has 0 bridgehead atoms. The largest absolute Gasteiger partial charge is 0.484 e. The molecule has 23 heavy (non-hydrogen) atoms. The first-order valence-corrected chi connectivity index (χ1v) is 8.50. The summed E-state index contributed by atoms with van der Waals surface area (Å²) in [5.74, 6) is 0.983. The lowest BCUT2D eigenvalue weighted by atomic mass is 9.87. The Morgan fingerprint density at radius 1 is 1.22 bits per heavy atom. The van der Waals surface area contributed by atoms with E-state index in [1.807, 2.05) is 30.5 Å². The van der Waals surface area contributed by atoms with Crippen molar-refractivity contribution in [1.29, 1.82) is 0 Å². The van der Waals surface area contributed by atoms with Crippen LogP contribution in [-0.4, -0.2) is 18.7 Å². The molecule has 1 fully saturated rings. The second-order valence-corrected chi connectivity index (χ2v) is 7.27. The third-order valence-corrected chi connectivity index (χ3v) is 4.21. The van der Waals surface area contributed by atoms with Crippen molar-refractivity contribution < 1.29 is 9.53 Å². The van der Waals surface area contributed by atoms with Gasteiger partial charge in [0.25, 0.3) is 5.91 Å². The van der Waals surface area contributed by atoms with Crippen LogP contribution in [0.5, 0.6) is 5.75 Å². The number of hydrogen-bond acceptors (Lipinski definition) is 3. The predicted octanol–water partition coefficient (Wildman–Crippen LogP) is 4.05. The molecule has 1 aromatic rings. The van der Waals surface area contributed by atoms with Gasteiger partial charge in [-0.05, 0) is 41.9 Å². The Morgan fingerprint density at radius 2 is 1.87 bits per heavy atom. The molecule has 1 saturated carbocycles. The van der Waals surface area contributed by atoms with E-state index >= 15 is 0 Å². The van der Waals surface area contributed by atoms with E-state index in [1.54, 1.807) is 0 Å². The minimum atomic E-state index is -0.225. The Bertz CT molecular complexity index is 523. The maximum Gasteiger partial charge on any atom is 0.277 e. The van der Waals surface area contributed by atoms with Gasteiger partial charge in [-0.1, -0.05) is 52.2 Å². The lowest BCUT2D eigenvalue weighted by Crippen LogP contribution is -2.25. The van der Waals surface area contributed by atoms with Gasteiger partial charge < -0.3 is 4.74 Å². The minimum Gasteiger partial charge on any atom is -0.484 e. The van der Waals surface area contributed by atoms with Crippen molar-refractivity contribution >= 4 is 12.1 Å². The highest BCUT2D eigenvalue weighted by Crippen LogP contribution is 2.24. The zero-order valence-corrected chi connectivity index (χ0v) is 14.5. The number of ether oxygens (including phenoxy) is 1. The van der Waals surface area contributed by atoms with Crippen LogP contribution in [0.15, 0.2) is 29.4 Å². The molecule has 1 aliphatic carbocycles. The van der Waals surface area contributed by atoms with Crippen LogP contribution in [0.2, 0.25) is 0 Å². The number of benzene rings is 1. The fourth-order valence-corrected chi connectivity index (χ4v) is 2.73. The van der Waals surface area contributed by atoms with Gasteiger partial charge in [0, 0.05) is 6.21 Å². The highest BCUT2D eigenvalue weighted by atomic mass is 16.5. The molecule has 0 atom stereocenters. The normalized spacial score (nSPS) is 16.5. The van der Waals surface area contributed by atoms with Gasteiger partial charge in [0.2, 0.25) is 0 Å². The summed E-state index contributed by atoms with van der Waals surface area (Å²) in [5.41, 5.74) is 3.90. The van der Waals surface area contributed by atoms with E-state index in [0.717, 1.165) is 0 Å². The van der Waals surface area contributed by atoms with Gasteiger partial charge in [0.15, 0.2) is 6.61 Å². The molecular weight excluding hydrogens is 288 g/mol. The molecule has 2 rings (SSSR count). The van der Waals surface area contributed by atoms with Crippen LogP contribution in [0.4, 0.5) is 0 Å². The van der Waals surface area contributed by atoms with E-state index in [1.165, 1.54) is 37.7 Å². The second kappa shape index (κ2) is 8.14. The third kappa shape index (κ3) is 6.05. The molecule has 1 aromatic carbocycles. The van der Waals surface area contributed by atoms with E-state index in [-0.39, 0.29) is 17.9 Å². The monoisotopic (exact) mass is 316 g/mol. The van der Waals surface area contributed by atoms with E-state index in [2.05, 4.69) is 31.3 Å². The van der Waals surface area contributed by atoms with E-state index in [4.69, 9.17) is 4.74 Å². The molecule has 4 heteroatoms. The maximum atomic E-state index is 11.7. The number of carbonyl (C=O) groups is 1. The Morgan fingerprint density at radius 3 is 2.48 bits per heavy atom. The molecule has 0 saturated heterocycles. The van der Waals surface area contributed by atoms with Crippen molar-refractivity contribution in [3.05, 3.63) is 29.8 Å². The van der Waals surface area contributed by atoms with Gasteiger partial charge >= 0.3 is 0 Å². The first-order chi connectivity index (χ1) is 10.9. The lowest BCUT2D eigenvalue weighted by Gasteiger charge is -2.19. The fourth-order valence-electron chi connectivity index (χ4n) is 2.73. The number of rotatable bonds is 5. The highest BCUT2D eigenvalue weighted by Gasteiger charge is 2.13. The van der Waals surface area contributed by atoms with Crippen LogP contribution in [0.1, 0.15) is 58.4 Å². The van der Waals surface area contributed by atoms with Crippen LogP contribution in [0.25, 0.3) is 0 Å². The van der Waals surface area contributed by atoms with Crippen LogP contribution in [0, 0.1) is 5.92 Å². The topological polar surface area (TPSA) is 50.7 Å². The van der Waals surface area contributed by atoms with E-state index < -0.39 is 0 Å². The van der Waals surface area contributed by atoms with Crippen LogP contribution >= 0.6 is 0 Å². The number of hydrogen-bond donors (Lipinski definition) is 1. The Balaban J connectivity index is 1.72. The van der Waals surface area contributed by atoms with Crippen LogP contribution < -0.4 is 10.2 Å². The zero-order chi connectivity index (χ0) is 16.7. The lowest BCUT2D eigenvalue weighted by molar-refractivity contribution is -0.123. The number of nitrogens with one attached hydrogen (secondary N) is 1. The maximum absolute atomic E-state index is 11.7. The summed E-state index contributed by atoms with van der Waals surface area (Å²) in [6, 6.07) is 7.88. The number of hydrazone groups is 1. The Labute approximate surface area is 139 Å². The van der Waals surface area contributed by atoms with Crippen molar-refractivity contribution in [3.8, 4) is 5.75 Å². The van der Waals surface area contributed by atoms with Crippen LogP contribution in [0.3, 0.4) is 0 Å². The molecule has 1 aliphatic rings. The molecule has 4 nitrogen and oxygen atoms in total. The number of nitrogens with zero attached hydrogens (tertiary/aromatic N) is 1. The van der Waals surface area contributed by atoms with E-state index in [0.29, 0.717) is 11.7 Å². The molecule has 1 N–H and O–H groups in total. The van der Waals surface area contributed by atoms with Crippen molar-refractivity contribution in [2.75, 3.05) is 6.61 Å². The summed E-state index contributed by atoms with van der Waals surface area (Å²) in [5, 5.41) is 4.05. The number of carbonyl (C=O) groups excluding carboxylic acids is 1. The molecule has 0 aliphatic heterocycles.